The van der Waals surface area contributed by atoms with Crippen LogP contribution in [0.1, 0.15) is 12.8 Å². The maximum absolute atomic E-state index is 5.79. The van der Waals surface area contributed by atoms with Crippen LogP contribution in [0.4, 0.5) is 6.01 Å². The summed E-state index contributed by atoms with van der Waals surface area (Å²) in [5, 5.41) is 3.62. The van der Waals surface area contributed by atoms with Gasteiger partial charge in [-0.05, 0) is 25.0 Å². The third-order valence-corrected chi connectivity index (χ3v) is 2.92. The molecule has 3 rings (SSSR count). The number of ether oxygens (including phenoxy) is 1. The normalized spacial score (nSPS) is 20.6. The Hall–Kier alpha value is -1.33. The lowest BCUT2D eigenvalue weighted by Gasteiger charge is -2.21. The SMILES string of the molecule is Clc1ccc2oc(NC3CCCOC3)nc2n1. The molecule has 2 aromatic heterocycles. The first-order chi connectivity index (χ1) is 8.31. The summed E-state index contributed by atoms with van der Waals surface area (Å²) >= 11 is 5.79. The van der Waals surface area contributed by atoms with Crippen LogP contribution < -0.4 is 5.32 Å². The zero-order valence-electron chi connectivity index (χ0n) is 9.15. The van der Waals surface area contributed by atoms with Crippen molar-refractivity contribution in [1.29, 1.82) is 0 Å². The number of pyridine rings is 1. The van der Waals surface area contributed by atoms with Crippen molar-refractivity contribution in [2.24, 2.45) is 0 Å². The Morgan fingerprint density at radius 2 is 2.29 bits per heavy atom. The van der Waals surface area contributed by atoms with E-state index in [4.69, 9.17) is 20.8 Å². The van der Waals surface area contributed by atoms with Gasteiger partial charge in [-0.15, -0.1) is 0 Å². The molecule has 0 spiro atoms. The molecule has 1 unspecified atom stereocenters. The van der Waals surface area contributed by atoms with Crippen molar-refractivity contribution in [1.82, 2.24) is 9.97 Å². The molecule has 0 aliphatic carbocycles. The number of hydrogen-bond donors (Lipinski definition) is 1. The standard InChI is InChI=1S/C11H12ClN3O2/c12-9-4-3-8-10(14-9)15-11(17-8)13-7-2-1-5-16-6-7/h3-4,7H,1-2,5-6H2,(H,13,14,15). The summed E-state index contributed by atoms with van der Waals surface area (Å²) in [6, 6.07) is 4.18. The van der Waals surface area contributed by atoms with Crippen LogP contribution in [-0.4, -0.2) is 29.2 Å². The topological polar surface area (TPSA) is 60.2 Å². The van der Waals surface area contributed by atoms with E-state index in [0.29, 0.717) is 29.0 Å². The van der Waals surface area contributed by atoms with E-state index in [0.717, 1.165) is 19.4 Å². The molecule has 1 atom stereocenters. The van der Waals surface area contributed by atoms with Gasteiger partial charge in [0, 0.05) is 6.61 Å². The second kappa shape index (κ2) is 4.50. The van der Waals surface area contributed by atoms with Crippen molar-refractivity contribution in [3.8, 4) is 0 Å². The van der Waals surface area contributed by atoms with Crippen LogP contribution >= 0.6 is 11.6 Å². The molecule has 90 valence electrons. The molecule has 1 aliphatic heterocycles. The number of anilines is 1. The van der Waals surface area contributed by atoms with Gasteiger partial charge >= 0.3 is 0 Å². The Morgan fingerprint density at radius 1 is 1.35 bits per heavy atom. The fourth-order valence-corrected chi connectivity index (χ4v) is 2.03. The van der Waals surface area contributed by atoms with Gasteiger partial charge in [-0.1, -0.05) is 11.6 Å². The van der Waals surface area contributed by atoms with Crippen LogP contribution in [-0.2, 0) is 4.74 Å². The molecule has 0 radical (unpaired) electrons. The van der Waals surface area contributed by atoms with Crippen molar-refractivity contribution in [3.63, 3.8) is 0 Å². The van der Waals surface area contributed by atoms with Crippen LogP contribution in [0.3, 0.4) is 0 Å². The molecule has 1 fully saturated rings. The average Bonchev–Trinajstić information content (AvgIpc) is 2.71. The van der Waals surface area contributed by atoms with Gasteiger partial charge in [-0.3, -0.25) is 0 Å². The number of rotatable bonds is 2. The van der Waals surface area contributed by atoms with Crippen molar-refractivity contribution in [3.05, 3.63) is 17.3 Å². The molecule has 1 N–H and O–H groups in total. The molecule has 2 aromatic rings. The zero-order valence-corrected chi connectivity index (χ0v) is 9.91. The van der Waals surface area contributed by atoms with Gasteiger partial charge in [0.15, 0.2) is 5.58 Å². The molecular weight excluding hydrogens is 242 g/mol. The lowest BCUT2D eigenvalue weighted by molar-refractivity contribution is 0.0869. The third-order valence-electron chi connectivity index (χ3n) is 2.71. The Kier molecular flexibility index (Phi) is 2.86. The van der Waals surface area contributed by atoms with Crippen LogP contribution in [0.15, 0.2) is 16.5 Å². The highest BCUT2D eigenvalue weighted by Crippen LogP contribution is 2.21. The van der Waals surface area contributed by atoms with Crippen molar-refractivity contribution in [2.75, 3.05) is 18.5 Å². The van der Waals surface area contributed by atoms with Gasteiger partial charge in [-0.2, -0.15) is 4.98 Å². The molecule has 0 aromatic carbocycles. The number of oxazole rings is 1. The van der Waals surface area contributed by atoms with E-state index in [1.165, 1.54) is 0 Å². The summed E-state index contributed by atoms with van der Waals surface area (Å²) in [5.41, 5.74) is 1.16. The number of halogens is 1. The Labute approximate surface area is 103 Å². The predicted octanol–water partition coefficient (Wildman–Crippen LogP) is 2.47. The highest BCUT2D eigenvalue weighted by molar-refractivity contribution is 6.29. The number of fused-ring (bicyclic) bond motifs is 1. The minimum Gasteiger partial charge on any atom is -0.422 e. The van der Waals surface area contributed by atoms with Gasteiger partial charge < -0.3 is 14.5 Å². The molecule has 0 saturated carbocycles. The van der Waals surface area contributed by atoms with Gasteiger partial charge in [0.05, 0.1) is 12.6 Å². The first kappa shape index (κ1) is 10.8. The summed E-state index contributed by atoms with van der Waals surface area (Å²) in [5.74, 6) is 0. The van der Waals surface area contributed by atoms with Crippen LogP contribution in [0.5, 0.6) is 0 Å². The van der Waals surface area contributed by atoms with Gasteiger partial charge in [0.2, 0.25) is 5.65 Å². The molecule has 6 heteroatoms. The fourth-order valence-electron chi connectivity index (χ4n) is 1.89. The molecule has 3 heterocycles. The second-order valence-electron chi connectivity index (χ2n) is 4.03. The molecule has 0 amide bonds. The van der Waals surface area contributed by atoms with Crippen molar-refractivity contribution < 1.29 is 9.15 Å². The predicted molar refractivity (Wildman–Crippen MR) is 64.3 cm³/mol. The number of aromatic nitrogens is 2. The second-order valence-corrected chi connectivity index (χ2v) is 4.42. The van der Waals surface area contributed by atoms with Gasteiger partial charge in [0.1, 0.15) is 5.15 Å². The summed E-state index contributed by atoms with van der Waals surface area (Å²) in [7, 11) is 0. The Bertz CT molecular complexity index is 522. The fraction of sp³-hybridized carbons (Fsp3) is 0.455. The Balaban J connectivity index is 1.80. The van der Waals surface area contributed by atoms with E-state index in [-0.39, 0.29) is 6.04 Å². The number of hydrogen-bond acceptors (Lipinski definition) is 5. The first-order valence-electron chi connectivity index (χ1n) is 5.58. The molecule has 17 heavy (non-hydrogen) atoms. The monoisotopic (exact) mass is 253 g/mol. The molecule has 0 bridgehead atoms. The minimum atomic E-state index is 0.257. The summed E-state index contributed by atoms with van der Waals surface area (Å²) in [6.07, 6.45) is 2.12. The van der Waals surface area contributed by atoms with E-state index < -0.39 is 0 Å². The largest absolute Gasteiger partial charge is 0.422 e. The van der Waals surface area contributed by atoms with Crippen molar-refractivity contribution in [2.45, 2.75) is 18.9 Å². The minimum absolute atomic E-state index is 0.257. The maximum atomic E-state index is 5.79. The average molecular weight is 254 g/mol. The molecular formula is C11H12ClN3O2. The quantitative estimate of drug-likeness (QED) is 0.833. The number of nitrogens with one attached hydrogen (secondary N) is 1. The summed E-state index contributed by atoms with van der Waals surface area (Å²) in [4.78, 5) is 8.32. The van der Waals surface area contributed by atoms with E-state index in [1.54, 1.807) is 12.1 Å². The molecule has 1 saturated heterocycles. The lowest BCUT2D eigenvalue weighted by Crippen LogP contribution is -2.30. The summed E-state index contributed by atoms with van der Waals surface area (Å²) in [6.45, 7) is 1.52. The highest BCUT2D eigenvalue weighted by atomic mass is 35.5. The van der Waals surface area contributed by atoms with Crippen molar-refractivity contribution >= 4 is 28.8 Å². The number of nitrogens with zero attached hydrogens (tertiary/aromatic N) is 2. The molecule has 5 nitrogen and oxygen atoms in total. The lowest BCUT2D eigenvalue weighted by atomic mass is 10.1. The van der Waals surface area contributed by atoms with Gasteiger partial charge in [0.25, 0.3) is 6.01 Å². The third kappa shape index (κ3) is 2.35. The first-order valence-corrected chi connectivity index (χ1v) is 5.96. The van der Waals surface area contributed by atoms with Gasteiger partial charge in [-0.25, -0.2) is 4.98 Å². The van der Waals surface area contributed by atoms with E-state index in [1.807, 2.05) is 0 Å². The maximum Gasteiger partial charge on any atom is 0.297 e. The zero-order chi connectivity index (χ0) is 11.7. The molecule has 1 aliphatic rings. The highest BCUT2D eigenvalue weighted by Gasteiger charge is 2.16. The van der Waals surface area contributed by atoms with Crippen LogP contribution in [0, 0.1) is 0 Å². The summed E-state index contributed by atoms with van der Waals surface area (Å²) < 4.78 is 10.9. The van der Waals surface area contributed by atoms with Crippen LogP contribution in [0.2, 0.25) is 5.15 Å². The van der Waals surface area contributed by atoms with E-state index in [9.17, 15) is 0 Å². The van der Waals surface area contributed by atoms with E-state index in [2.05, 4.69) is 15.3 Å². The van der Waals surface area contributed by atoms with E-state index >= 15 is 0 Å². The smallest absolute Gasteiger partial charge is 0.297 e. The van der Waals surface area contributed by atoms with Crippen LogP contribution in [0.25, 0.3) is 11.2 Å². The Morgan fingerprint density at radius 3 is 3.12 bits per heavy atom.